The Morgan fingerprint density at radius 1 is 1.42 bits per heavy atom. The van der Waals surface area contributed by atoms with Crippen molar-refractivity contribution in [2.45, 2.75) is 52.5 Å². The molecular weight excluding hydrogens is 246 g/mol. The zero-order chi connectivity index (χ0) is 14.5. The van der Waals surface area contributed by atoms with E-state index in [0.29, 0.717) is 19.6 Å². The molecule has 1 fully saturated rings. The average molecular weight is 271 g/mol. The summed E-state index contributed by atoms with van der Waals surface area (Å²) in [5, 5.41) is 11.9. The monoisotopic (exact) mass is 271 g/mol. The fourth-order valence-corrected chi connectivity index (χ4v) is 2.14. The number of rotatable bonds is 5. The second-order valence-electron chi connectivity index (χ2n) is 6.42. The molecule has 110 valence electrons. The van der Waals surface area contributed by atoms with E-state index < -0.39 is 12.0 Å². The van der Waals surface area contributed by atoms with Gasteiger partial charge in [0.25, 0.3) is 0 Å². The highest BCUT2D eigenvalue weighted by molar-refractivity contribution is 5.83. The molecule has 19 heavy (non-hydrogen) atoms. The second-order valence-corrected chi connectivity index (χ2v) is 6.42. The van der Waals surface area contributed by atoms with Gasteiger partial charge >= 0.3 is 5.97 Å². The van der Waals surface area contributed by atoms with Crippen molar-refractivity contribution in [3.8, 4) is 0 Å². The number of ether oxygens (including phenoxy) is 1. The molecule has 0 aromatic rings. The number of carbonyl (C=O) groups is 2. The molecule has 0 bridgehead atoms. The van der Waals surface area contributed by atoms with Gasteiger partial charge in [-0.25, -0.2) is 4.79 Å². The van der Waals surface area contributed by atoms with E-state index in [9.17, 15) is 14.7 Å². The zero-order valence-corrected chi connectivity index (χ0v) is 12.1. The molecule has 0 aromatic carbocycles. The molecule has 1 heterocycles. The van der Waals surface area contributed by atoms with E-state index in [0.717, 1.165) is 19.3 Å². The molecular formula is C14H25NO4. The SMILES string of the molecule is CC(C)(C)CCC(=O)NC(C(=O)O)C1CCCOC1. The van der Waals surface area contributed by atoms with Gasteiger partial charge in [-0.05, 0) is 24.7 Å². The molecule has 1 saturated heterocycles. The minimum absolute atomic E-state index is 0.0734. The highest BCUT2D eigenvalue weighted by atomic mass is 16.5. The summed E-state index contributed by atoms with van der Waals surface area (Å²) >= 11 is 0. The van der Waals surface area contributed by atoms with Crippen LogP contribution in [0.4, 0.5) is 0 Å². The Hall–Kier alpha value is -1.10. The lowest BCUT2D eigenvalue weighted by molar-refractivity contribution is -0.145. The van der Waals surface area contributed by atoms with Crippen molar-refractivity contribution in [3.05, 3.63) is 0 Å². The predicted octanol–water partition coefficient (Wildman–Crippen LogP) is 1.81. The smallest absolute Gasteiger partial charge is 0.326 e. The Kier molecular flexibility index (Phi) is 5.79. The second kappa shape index (κ2) is 6.89. The Morgan fingerprint density at radius 2 is 2.11 bits per heavy atom. The van der Waals surface area contributed by atoms with Gasteiger partial charge in [-0.2, -0.15) is 0 Å². The summed E-state index contributed by atoms with van der Waals surface area (Å²) in [6, 6.07) is -0.826. The van der Waals surface area contributed by atoms with Crippen molar-refractivity contribution in [1.29, 1.82) is 0 Å². The summed E-state index contributed by atoms with van der Waals surface area (Å²) in [7, 11) is 0. The van der Waals surface area contributed by atoms with Crippen LogP contribution in [0, 0.1) is 11.3 Å². The number of hydrogen-bond acceptors (Lipinski definition) is 3. The Morgan fingerprint density at radius 3 is 2.58 bits per heavy atom. The molecule has 0 aliphatic carbocycles. The van der Waals surface area contributed by atoms with E-state index in [1.54, 1.807) is 0 Å². The first-order valence-electron chi connectivity index (χ1n) is 6.89. The molecule has 1 aliphatic rings. The number of amides is 1. The van der Waals surface area contributed by atoms with Gasteiger partial charge in [-0.3, -0.25) is 4.79 Å². The molecule has 1 amide bonds. The molecule has 2 atom stereocenters. The molecule has 0 aromatic heterocycles. The minimum Gasteiger partial charge on any atom is -0.480 e. The normalized spacial score (nSPS) is 21.7. The first kappa shape index (κ1) is 16.0. The summed E-state index contributed by atoms with van der Waals surface area (Å²) in [5.74, 6) is -1.28. The van der Waals surface area contributed by atoms with Gasteiger partial charge in [0.05, 0.1) is 6.61 Å². The van der Waals surface area contributed by atoms with Crippen molar-refractivity contribution in [1.82, 2.24) is 5.32 Å². The molecule has 2 N–H and O–H groups in total. The Bertz CT molecular complexity index is 316. The molecule has 2 unspecified atom stereocenters. The van der Waals surface area contributed by atoms with Crippen LogP contribution in [0.1, 0.15) is 46.5 Å². The lowest BCUT2D eigenvalue weighted by Gasteiger charge is -2.28. The summed E-state index contributed by atoms with van der Waals surface area (Å²) in [6.07, 6.45) is 2.75. The lowest BCUT2D eigenvalue weighted by Crippen LogP contribution is -2.48. The van der Waals surface area contributed by atoms with Crippen LogP contribution in [0.3, 0.4) is 0 Å². The standard InChI is InChI=1S/C14H25NO4/c1-14(2,3)7-6-11(16)15-12(13(17)18)10-5-4-8-19-9-10/h10,12H,4-9H2,1-3H3,(H,15,16)(H,17,18). The van der Waals surface area contributed by atoms with Crippen LogP contribution in [0.25, 0.3) is 0 Å². The maximum Gasteiger partial charge on any atom is 0.326 e. The van der Waals surface area contributed by atoms with Crippen molar-refractivity contribution in [3.63, 3.8) is 0 Å². The van der Waals surface area contributed by atoms with Crippen molar-refractivity contribution >= 4 is 11.9 Å². The average Bonchev–Trinajstić information content (AvgIpc) is 2.33. The minimum atomic E-state index is -0.973. The largest absolute Gasteiger partial charge is 0.480 e. The maximum absolute atomic E-state index is 11.8. The first-order chi connectivity index (χ1) is 8.79. The van der Waals surface area contributed by atoms with Crippen LogP contribution < -0.4 is 5.32 Å². The molecule has 5 heteroatoms. The Labute approximate surface area is 114 Å². The summed E-state index contributed by atoms with van der Waals surface area (Å²) in [6.45, 7) is 7.27. The van der Waals surface area contributed by atoms with Crippen LogP contribution in [0.5, 0.6) is 0 Å². The number of carboxylic acids is 1. The predicted molar refractivity (Wildman–Crippen MR) is 71.8 cm³/mol. The molecule has 0 saturated carbocycles. The molecule has 0 spiro atoms. The number of nitrogens with one attached hydrogen (secondary N) is 1. The molecule has 1 aliphatic heterocycles. The van der Waals surface area contributed by atoms with Gasteiger partial charge in [-0.1, -0.05) is 20.8 Å². The van der Waals surface area contributed by atoms with Gasteiger partial charge in [0.1, 0.15) is 6.04 Å². The number of carbonyl (C=O) groups excluding carboxylic acids is 1. The fraction of sp³-hybridized carbons (Fsp3) is 0.857. The van der Waals surface area contributed by atoms with E-state index in [4.69, 9.17) is 4.74 Å². The van der Waals surface area contributed by atoms with Gasteiger partial charge < -0.3 is 15.2 Å². The van der Waals surface area contributed by atoms with E-state index >= 15 is 0 Å². The summed E-state index contributed by atoms with van der Waals surface area (Å²) in [4.78, 5) is 23.1. The third-order valence-electron chi connectivity index (χ3n) is 3.35. The van der Waals surface area contributed by atoms with Crippen LogP contribution in [-0.2, 0) is 14.3 Å². The molecule has 1 rings (SSSR count). The van der Waals surface area contributed by atoms with Crippen LogP contribution in [0.2, 0.25) is 0 Å². The number of carboxylic acid groups (broad SMARTS) is 1. The highest BCUT2D eigenvalue weighted by Crippen LogP contribution is 2.21. The molecule has 5 nitrogen and oxygen atoms in total. The van der Waals surface area contributed by atoms with Crippen molar-refractivity contribution < 1.29 is 19.4 Å². The van der Waals surface area contributed by atoms with E-state index in [-0.39, 0.29) is 17.2 Å². The van der Waals surface area contributed by atoms with Gasteiger partial charge in [-0.15, -0.1) is 0 Å². The van der Waals surface area contributed by atoms with Gasteiger partial charge in [0.2, 0.25) is 5.91 Å². The van der Waals surface area contributed by atoms with Crippen LogP contribution in [-0.4, -0.2) is 36.2 Å². The maximum atomic E-state index is 11.8. The Balaban J connectivity index is 2.48. The van der Waals surface area contributed by atoms with E-state index in [2.05, 4.69) is 26.1 Å². The number of aliphatic carboxylic acids is 1. The highest BCUT2D eigenvalue weighted by Gasteiger charge is 2.31. The number of hydrogen-bond donors (Lipinski definition) is 2. The summed E-state index contributed by atoms with van der Waals surface area (Å²) in [5.41, 5.74) is 0.0734. The quantitative estimate of drug-likeness (QED) is 0.799. The van der Waals surface area contributed by atoms with Crippen molar-refractivity contribution in [2.75, 3.05) is 13.2 Å². The zero-order valence-electron chi connectivity index (χ0n) is 12.1. The van der Waals surface area contributed by atoms with Gasteiger partial charge in [0.15, 0.2) is 0 Å². The first-order valence-corrected chi connectivity index (χ1v) is 6.89. The third kappa shape index (κ3) is 6.05. The fourth-order valence-electron chi connectivity index (χ4n) is 2.14. The lowest BCUT2D eigenvalue weighted by atomic mass is 9.90. The van der Waals surface area contributed by atoms with E-state index in [1.807, 2.05) is 0 Å². The molecule has 0 radical (unpaired) electrons. The van der Waals surface area contributed by atoms with E-state index in [1.165, 1.54) is 0 Å². The summed E-state index contributed by atoms with van der Waals surface area (Å²) < 4.78 is 5.29. The topological polar surface area (TPSA) is 75.6 Å². The van der Waals surface area contributed by atoms with Crippen molar-refractivity contribution in [2.24, 2.45) is 11.3 Å². The van der Waals surface area contributed by atoms with Crippen LogP contribution >= 0.6 is 0 Å². The van der Waals surface area contributed by atoms with Crippen LogP contribution in [0.15, 0.2) is 0 Å². The van der Waals surface area contributed by atoms with Gasteiger partial charge in [0, 0.05) is 18.9 Å². The third-order valence-corrected chi connectivity index (χ3v) is 3.35.